The van der Waals surface area contributed by atoms with Crippen LogP contribution < -0.4 is 4.90 Å². The van der Waals surface area contributed by atoms with E-state index in [1.165, 1.54) is 28.0 Å². The third-order valence-corrected chi connectivity index (χ3v) is 8.91. The molecule has 31 heavy (non-hydrogen) atoms. The standard InChI is InChI=1S/C22H21N3O4S2/c26-17(24-5-7-29-8-6-24)11-30-22-23-15-4-3-14(10-16(15)31-22)25-20(27)18-12-1-2-13(9-12)19(18)21(25)28/h1-4,10,12-13,18-19H,5-9,11H2/t12-,13-,18-,19-/m0/s1. The molecule has 9 heteroatoms. The maximum Gasteiger partial charge on any atom is 0.238 e. The number of imide groups is 1. The molecule has 7 nitrogen and oxygen atoms in total. The number of thioether (sulfide) groups is 1. The summed E-state index contributed by atoms with van der Waals surface area (Å²) in [6.45, 7) is 2.46. The van der Waals surface area contributed by atoms with Gasteiger partial charge in [0.2, 0.25) is 17.7 Å². The number of hydrogen-bond donors (Lipinski definition) is 0. The van der Waals surface area contributed by atoms with Gasteiger partial charge in [-0.15, -0.1) is 11.3 Å². The highest BCUT2D eigenvalue weighted by atomic mass is 32.2. The summed E-state index contributed by atoms with van der Waals surface area (Å²) in [6, 6.07) is 5.55. The summed E-state index contributed by atoms with van der Waals surface area (Å²) in [4.78, 5) is 46.3. The van der Waals surface area contributed by atoms with Crippen LogP contribution in [0.15, 0.2) is 34.7 Å². The Hall–Kier alpha value is -2.23. The van der Waals surface area contributed by atoms with Crippen molar-refractivity contribution in [3.63, 3.8) is 0 Å². The normalized spacial score (nSPS) is 29.4. The first-order valence-electron chi connectivity index (χ1n) is 10.6. The van der Waals surface area contributed by atoms with Gasteiger partial charge in [0.1, 0.15) is 0 Å². The number of hydrogen-bond acceptors (Lipinski definition) is 7. The van der Waals surface area contributed by atoms with E-state index in [0.717, 1.165) is 21.0 Å². The van der Waals surface area contributed by atoms with E-state index >= 15 is 0 Å². The van der Waals surface area contributed by atoms with Crippen LogP contribution >= 0.6 is 23.1 Å². The van der Waals surface area contributed by atoms with E-state index in [0.29, 0.717) is 37.7 Å². The molecular formula is C22H21N3O4S2. The highest BCUT2D eigenvalue weighted by Crippen LogP contribution is 2.53. The lowest BCUT2D eigenvalue weighted by molar-refractivity contribution is -0.132. The number of benzene rings is 1. The second-order valence-electron chi connectivity index (χ2n) is 8.43. The number of carbonyl (C=O) groups excluding carboxylic acids is 3. The van der Waals surface area contributed by atoms with Gasteiger partial charge in [-0.1, -0.05) is 23.9 Å². The van der Waals surface area contributed by atoms with Crippen molar-refractivity contribution in [2.24, 2.45) is 23.7 Å². The van der Waals surface area contributed by atoms with Gasteiger partial charge in [-0.3, -0.25) is 14.4 Å². The summed E-state index contributed by atoms with van der Waals surface area (Å²) in [5.74, 6) is 0.314. The molecule has 1 saturated carbocycles. The molecule has 6 rings (SSSR count). The summed E-state index contributed by atoms with van der Waals surface area (Å²) in [5.41, 5.74) is 1.44. The summed E-state index contributed by atoms with van der Waals surface area (Å²) < 4.78 is 7.02. The molecule has 1 aromatic carbocycles. The van der Waals surface area contributed by atoms with Crippen LogP contribution in [0.2, 0.25) is 0 Å². The fourth-order valence-corrected chi connectivity index (χ4v) is 7.28. The van der Waals surface area contributed by atoms with E-state index in [2.05, 4.69) is 17.1 Å². The molecule has 3 amide bonds. The first kappa shape index (κ1) is 19.5. The van der Waals surface area contributed by atoms with Gasteiger partial charge in [-0.25, -0.2) is 9.88 Å². The van der Waals surface area contributed by atoms with Crippen molar-refractivity contribution < 1.29 is 19.1 Å². The minimum absolute atomic E-state index is 0.0681. The lowest BCUT2D eigenvalue weighted by Crippen LogP contribution is -2.41. The largest absolute Gasteiger partial charge is 0.378 e. The molecular weight excluding hydrogens is 434 g/mol. The quantitative estimate of drug-likeness (QED) is 0.401. The van der Waals surface area contributed by atoms with Crippen LogP contribution in [-0.4, -0.2) is 59.7 Å². The molecule has 3 heterocycles. The molecule has 0 radical (unpaired) electrons. The number of thiazole rings is 1. The van der Waals surface area contributed by atoms with Gasteiger partial charge < -0.3 is 9.64 Å². The topological polar surface area (TPSA) is 79.8 Å². The summed E-state index contributed by atoms with van der Waals surface area (Å²) in [7, 11) is 0. The Kier molecular flexibility index (Phi) is 4.66. The Morgan fingerprint density at radius 2 is 1.84 bits per heavy atom. The zero-order valence-electron chi connectivity index (χ0n) is 16.7. The maximum absolute atomic E-state index is 13.1. The number of anilines is 1. The van der Waals surface area contributed by atoms with Gasteiger partial charge in [-0.05, 0) is 36.5 Å². The van der Waals surface area contributed by atoms with Crippen LogP contribution in [0.3, 0.4) is 0 Å². The number of aromatic nitrogens is 1. The monoisotopic (exact) mass is 455 g/mol. The van der Waals surface area contributed by atoms with Crippen LogP contribution in [0.25, 0.3) is 10.2 Å². The lowest BCUT2D eigenvalue weighted by atomic mass is 9.85. The van der Waals surface area contributed by atoms with Crippen LogP contribution in [-0.2, 0) is 19.1 Å². The van der Waals surface area contributed by atoms with Gasteiger partial charge >= 0.3 is 0 Å². The average molecular weight is 456 g/mol. The van der Waals surface area contributed by atoms with Crippen LogP contribution in [0.5, 0.6) is 0 Å². The van der Waals surface area contributed by atoms with E-state index in [1.807, 2.05) is 23.1 Å². The molecule has 3 fully saturated rings. The molecule has 2 bridgehead atoms. The van der Waals surface area contributed by atoms with Crippen LogP contribution in [0.1, 0.15) is 6.42 Å². The minimum atomic E-state index is -0.197. The molecule has 2 aromatic rings. The zero-order chi connectivity index (χ0) is 21.1. The smallest absolute Gasteiger partial charge is 0.238 e. The van der Waals surface area contributed by atoms with Crippen molar-refractivity contribution in [1.29, 1.82) is 0 Å². The number of allylic oxidation sites excluding steroid dienone is 2. The van der Waals surface area contributed by atoms with Crippen molar-refractivity contribution in [3.8, 4) is 0 Å². The summed E-state index contributed by atoms with van der Waals surface area (Å²) >= 11 is 2.92. The zero-order valence-corrected chi connectivity index (χ0v) is 18.4. The molecule has 4 atom stereocenters. The van der Waals surface area contributed by atoms with E-state index in [1.54, 1.807) is 0 Å². The molecule has 2 aliphatic heterocycles. The fourth-order valence-electron chi connectivity index (χ4n) is 5.28. The van der Waals surface area contributed by atoms with Crippen LogP contribution in [0, 0.1) is 23.7 Å². The number of rotatable bonds is 4. The van der Waals surface area contributed by atoms with Gasteiger partial charge in [0.25, 0.3) is 0 Å². The Morgan fingerprint density at radius 1 is 1.13 bits per heavy atom. The Labute approximate surface area is 187 Å². The van der Waals surface area contributed by atoms with E-state index < -0.39 is 0 Å². The molecule has 1 aromatic heterocycles. The fraction of sp³-hybridized carbons (Fsp3) is 0.455. The Bertz CT molecular complexity index is 1090. The predicted octanol–water partition coefficient (Wildman–Crippen LogP) is 2.56. The number of ether oxygens (including phenoxy) is 1. The highest BCUT2D eigenvalue weighted by molar-refractivity contribution is 8.01. The summed E-state index contributed by atoms with van der Waals surface area (Å²) in [5, 5.41) is 0. The molecule has 0 N–H and O–H groups in total. The molecule has 160 valence electrons. The van der Waals surface area contributed by atoms with Crippen molar-refractivity contribution in [2.75, 3.05) is 37.0 Å². The number of morpholine rings is 1. The predicted molar refractivity (Wildman–Crippen MR) is 118 cm³/mol. The molecule has 2 aliphatic carbocycles. The average Bonchev–Trinajstić information content (AvgIpc) is 3.55. The molecule has 2 saturated heterocycles. The Morgan fingerprint density at radius 3 is 2.55 bits per heavy atom. The maximum atomic E-state index is 13.1. The Balaban J connectivity index is 1.19. The van der Waals surface area contributed by atoms with E-state index in [-0.39, 0.29) is 41.4 Å². The van der Waals surface area contributed by atoms with Crippen LogP contribution in [0.4, 0.5) is 5.69 Å². The second kappa shape index (κ2) is 7.43. The van der Waals surface area contributed by atoms with Crippen molar-refractivity contribution in [3.05, 3.63) is 30.4 Å². The first-order chi connectivity index (χ1) is 15.1. The lowest BCUT2D eigenvalue weighted by Gasteiger charge is -2.26. The highest BCUT2D eigenvalue weighted by Gasteiger charge is 2.59. The van der Waals surface area contributed by atoms with Crippen molar-refractivity contribution in [2.45, 2.75) is 10.8 Å². The number of carbonyl (C=O) groups is 3. The van der Waals surface area contributed by atoms with Crippen molar-refractivity contribution >= 4 is 56.7 Å². The SMILES string of the molecule is O=C(CSc1nc2ccc(N3C(=O)[C@@H]4[C@@H](C3=O)[C@H]3C=C[C@H]4C3)cc2s1)N1CCOCC1. The van der Waals surface area contributed by atoms with E-state index in [9.17, 15) is 14.4 Å². The molecule has 0 spiro atoms. The van der Waals surface area contributed by atoms with Gasteiger partial charge in [0, 0.05) is 13.1 Å². The number of nitrogens with zero attached hydrogens (tertiary/aromatic N) is 3. The van der Waals surface area contributed by atoms with Gasteiger partial charge in [-0.2, -0.15) is 0 Å². The third-order valence-electron chi connectivity index (χ3n) is 6.76. The number of amides is 3. The van der Waals surface area contributed by atoms with Gasteiger partial charge in [0.15, 0.2) is 4.34 Å². The molecule has 4 aliphatic rings. The van der Waals surface area contributed by atoms with Crippen molar-refractivity contribution in [1.82, 2.24) is 9.88 Å². The van der Waals surface area contributed by atoms with Gasteiger partial charge in [0.05, 0.1) is 46.7 Å². The third kappa shape index (κ3) is 3.13. The minimum Gasteiger partial charge on any atom is -0.378 e. The second-order valence-corrected chi connectivity index (χ2v) is 10.7. The molecule has 0 unspecified atom stereocenters. The van der Waals surface area contributed by atoms with E-state index in [4.69, 9.17) is 4.74 Å². The number of fused-ring (bicyclic) bond motifs is 6. The first-order valence-corrected chi connectivity index (χ1v) is 12.4. The summed E-state index contributed by atoms with van der Waals surface area (Å²) in [6.07, 6.45) is 5.14.